The van der Waals surface area contributed by atoms with Gasteiger partial charge in [-0.25, -0.2) is 14.4 Å². The second-order valence-corrected chi connectivity index (χ2v) is 4.67. The van der Waals surface area contributed by atoms with E-state index in [1.54, 1.807) is 36.5 Å². The van der Waals surface area contributed by atoms with Gasteiger partial charge >= 0.3 is 0 Å². The molecular formula is C16H13FN4O. The Balaban J connectivity index is 1.90. The molecule has 1 aromatic heterocycles. The maximum atomic E-state index is 13.2. The summed E-state index contributed by atoms with van der Waals surface area (Å²) < 4.78 is 13.2. The lowest BCUT2D eigenvalue weighted by Gasteiger charge is -2.07. The van der Waals surface area contributed by atoms with Crippen LogP contribution in [-0.2, 0) is 0 Å². The average Bonchev–Trinajstić information content (AvgIpc) is 2.50. The fraction of sp³-hybridized carbons (Fsp3) is 0. The van der Waals surface area contributed by atoms with Gasteiger partial charge in [0.2, 0.25) is 5.95 Å². The Morgan fingerprint density at radius 3 is 2.73 bits per heavy atom. The molecule has 0 aliphatic rings. The number of nitrogens with one attached hydrogen (secondary N) is 1. The van der Waals surface area contributed by atoms with Crippen LogP contribution < -0.4 is 11.1 Å². The zero-order chi connectivity index (χ0) is 15.5. The average molecular weight is 296 g/mol. The zero-order valence-electron chi connectivity index (χ0n) is 11.5. The molecule has 0 amide bonds. The Bertz CT molecular complexity index is 823. The Hall–Kier alpha value is -3.15. The van der Waals surface area contributed by atoms with Crippen molar-refractivity contribution in [2.24, 2.45) is 0 Å². The van der Waals surface area contributed by atoms with Crippen molar-refractivity contribution in [1.29, 1.82) is 0 Å². The highest BCUT2D eigenvalue weighted by Crippen LogP contribution is 2.27. The van der Waals surface area contributed by atoms with Crippen LogP contribution in [0, 0.1) is 5.82 Å². The number of rotatable bonds is 3. The van der Waals surface area contributed by atoms with Crippen molar-refractivity contribution < 1.29 is 9.50 Å². The topological polar surface area (TPSA) is 84.1 Å². The first-order valence-electron chi connectivity index (χ1n) is 6.56. The van der Waals surface area contributed by atoms with E-state index in [1.165, 1.54) is 18.2 Å². The summed E-state index contributed by atoms with van der Waals surface area (Å²) in [6, 6.07) is 12.6. The second kappa shape index (κ2) is 5.69. The van der Waals surface area contributed by atoms with Crippen LogP contribution in [0.1, 0.15) is 0 Å². The lowest BCUT2D eigenvalue weighted by Crippen LogP contribution is -1.98. The summed E-state index contributed by atoms with van der Waals surface area (Å²) >= 11 is 0. The minimum absolute atomic E-state index is 0.0240. The number of nitrogen functional groups attached to an aromatic ring is 1. The largest absolute Gasteiger partial charge is 0.506 e. The van der Waals surface area contributed by atoms with E-state index < -0.39 is 0 Å². The van der Waals surface area contributed by atoms with Crippen molar-refractivity contribution >= 4 is 17.3 Å². The third kappa shape index (κ3) is 2.95. The van der Waals surface area contributed by atoms with Gasteiger partial charge in [-0.1, -0.05) is 6.07 Å². The number of phenols is 1. The molecule has 110 valence electrons. The minimum atomic E-state index is -0.340. The molecule has 0 radical (unpaired) electrons. The van der Waals surface area contributed by atoms with Gasteiger partial charge in [0.05, 0.1) is 11.4 Å². The first-order chi connectivity index (χ1) is 10.6. The van der Waals surface area contributed by atoms with Crippen LogP contribution in [0.5, 0.6) is 5.75 Å². The smallest absolute Gasteiger partial charge is 0.227 e. The van der Waals surface area contributed by atoms with E-state index in [1.807, 2.05) is 0 Å². The number of nitrogens with two attached hydrogens (primary N) is 1. The molecule has 0 atom stereocenters. The molecule has 22 heavy (non-hydrogen) atoms. The van der Waals surface area contributed by atoms with Crippen LogP contribution in [0.3, 0.4) is 0 Å². The summed E-state index contributed by atoms with van der Waals surface area (Å²) in [5.74, 6) is 0.0260. The lowest BCUT2D eigenvalue weighted by molar-refractivity contribution is 0.478. The van der Waals surface area contributed by atoms with Gasteiger partial charge in [-0.05, 0) is 42.5 Å². The fourth-order valence-electron chi connectivity index (χ4n) is 1.99. The molecule has 0 unspecified atom stereocenters. The van der Waals surface area contributed by atoms with E-state index in [0.717, 1.165) is 5.56 Å². The number of nitrogens with zero attached hydrogens (tertiary/aromatic N) is 2. The van der Waals surface area contributed by atoms with Crippen LogP contribution in [0.25, 0.3) is 11.3 Å². The van der Waals surface area contributed by atoms with Crippen LogP contribution in [-0.4, -0.2) is 15.1 Å². The summed E-state index contributed by atoms with van der Waals surface area (Å²) in [6.07, 6.45) is 1.59. The molecule has 6 heteroatoms. The molecule has 0 saturated carbocycles. The highest BCUT2D eigenvalue weighted by atomic mass is 19.1. The molecule has 0 fully saturated rings. The van der Waals surface area contributed by atoms with E-state index in [4.69, 9.17) is 5.73 Å². The van der Waals surface area contributed by atoms with Crippen molar-refractivity contribution in [3.8, 4) is 17.0 Å². The summed E-state index contributed by atoms with van der Waals surface area (Å²) in [6.45, 7) is 0. The molecule has 3 aromatic rings. The van der Waals surface area contributed by atoms with Crippen molar-refractivity contribution in [3.05, 3.63) is 60.5 Å². The molecule has 3 rings (SSSR count). The SMILES string of the molecule is Nc1cc(-c2ccnc(Nc3cccc(F)c3)n2)ccc1O. The Morgan fingerprint density at radius 2 is 1.95 bits per heavy atom. The van der Waals surface area contributed by atoms with Crippen molar-refractivity contribution in [3.63, 3.8) is 0 Å². The molecule has 0 saturated heterocycles. The van der Waals surface area contributed by atoms with E-state index in [2.05, 4.69) is 15.3 Å². The molecule has 1 heterocycles. The Morgan fingerprint density at radius 1 is 1.09 bits per heavy atom. The predicted octanol–water partition coefficient (Wildman–Crippen LogP) is 3.31. The number of benzene rings is 2. The van der Waals surface area contributed by atoms with Crippen LogP contribution in [0.15, 0.2) is 54.7 Å². The lowest BCUT2D eigenvalue weighted by atomic mass is 10.1. The summed E-state index contributed by atoms with van der Waals surface area (Å²) in [7, 11) is 0. The fourth-order valence-corrected chi connectivity index (χ4v) is 1.99. The number of aromatic hydroxyl groups is 1. The monoisotopic (exact) mass is 296 g/mol. The third-order valence-corrected chi connectivity index (χ3v) is 3.06. The van der Waals surface area contributed by atoms with Crippen molar-refractivity contribution in [2.75, 3.05) is 11.1 Å². The van der Waals surface area contributed by atoms with E-state index in [-0.39, 0.29) is 17.3 Å². The van der Waals surface area contributed by atoms with Gasteiger partial charge in [-0.3, -0.25) is 0 Å². The van der Waals surface area contributed by atoms with Crippen LogP contribution >= 0.6 is 0 Å². The first-order valence-corrected chi connectivity index (χ1v) is 6.56. The van der Waals surface area contributed by atoms with E-state index in [0.29, 0.717) is 17.3 Å². The standard InChI is InChI=1S/C16H13FN4O/c17-11-2-1-3-12(9-11)20-16-19-7-6-14(21-16)10-4-5-15(22)13(18)8-10/h1-9,22H,18H2,(H,19,20,21). The highest BCUT2D eigenvalue weighted by Gasteiger charge is 2.05. The number of halogens is 1. The van der Waals surface area contributed by atoms with Gasteiger partial charge in [-0.15, -0.1) is 0 Å². The maximum Gasteiger partial charge on any atom is 0.227 e. The summed E-state index contributed by atoms with van der Waals surface area (Å²) in [5, 5.41) is 12.4. The molecule has 0 aliphatic heterocycles. The molecule has 4 N–H and O–H groups in total. The third-order valence-electron chi connectivity index (χ3n) is 3.06. The van der Waals surface area contributed by atoms with E-state index >= 15 is 0 Å². The van der Waals surface area contributed by atoms with E-state index in [9.17, 15) is 9.50 Å². The molecule has 0 bridgehead atoms. The minimum Gasteiger partial charge on any atom is -0.506 e. The summed E-state index contributed by atoms with van der Waals surface area (Å²) in [4.78, 5) is 8.46. The molecule has 0 spiro atoms. The molecule has 2 aromatic carbocycles. The van der Waals surface area contributed by atoms with Gasteiger partial charge in [0, 0.05) is 17.4 Å². The van der Waals surface area contributed by atoms with Gasteiger partial charge in [-0.2, -0.15) is 0 Å². The Kier molecular flexibility index (Phi) is 3.57. The van der Waals surface area contributed by atoms with Gasteiger partial charge in [0.1, 0.15) is 11.6 Å². The number of hydrogen-bond acceptors (Lipinski definition) is 5. The molecular weight excluding hydrogens is 283 g/mol. The van der Waals surface area contributed by atoms with Gasteiger partial charge in [0.25, 0.3) is 0 Å². The van der Waals surface area contributed by atoms with Crippen molar-refractivity contribution in [1.82, 2.24) is 9.97 Å². The number of hydrogen-bond donors (Lipinski definition) is 3. The number of anilines is 3. The van der Waals surface area contributed by atoms with Crippen LogP contribution in [0.4, 0.5) is 21.7 Å². The zero-order valence-corrected chi connectivity index (χ0v) is 11.5. The molecule has 0 aliphatic carbocycles. The predicted molar refractivity (Wildman–Crippen MR) is 83.2 cm³/mol. The quantitative estimate of drug-likeness (QED) is 0.510. The van der Waals surface area contributed by atoms with Crippen LogP contribution in [0.2, 0.25) is 0 Å². The first kappa shape index (κ1) is 13.8. The normalized spacial score (nSPS) is 10.4. The Labute approximate surface area is 126 Å². The number of aromatic nitrogens is 2. The van der Waals surface area contributed by atoms with Gasteiger partial charge < -0.3 is 16.2 Å². The molecule has 5 nitrogen and oxygen atoms in total. The summed E-state index contributed by atoms with van der Waals surface area (Å²) in [5.41, 5.74) is 7.91. The number of phenolic OH excluding ortho intramolecular Hbond substituents is 1. The van der Waals surface area contributed by atoms with Crippen molar-refractivity contribution in [2.45, 2.75) is 0 Å². The highest BCUT2D eigenvalue weighted by molar-refractivity contribution is 5.68. The maximum absolute atomic E-state index is 13.2. The van der Waals surface area contributed by atoms with Gasteiger partial charge in [0.15, 0.2) is 0 Å². The second-order valence-electron chi connectivity index (χ2n) is 4.67.